The van der Waals surface area contributed by atoms with Crippen molar-refractivity contribution in [1.29, 1.82) is 0 Å². The lowest BCUT2D eigenvalue weighted by Gasteiger charge is -2.49. The summed E-state index contributed by atoms with van der Waals surface area (Å²) in [4.78, 5) is 15.0. The molecule has 5 rings (SSSR count). The Bertz CT molecular complexity index is 736. The monoisotopic (exact) mass is 369 g/mol. The standard InChI is InChI=1S/C23H31NO3/c1-15-8-7-11-22(2)12-18-19(20-23(15,22)27-20)17(21(25)26-18)14-24(3)13-16-9-5-4-6-10-16/h4-6,9-10,15,17-20H,7-8,11-14H2,1-3H3/t15-,17+,18+,19+,20-,22+,23-/m0/s1. The first-order chi connectivity index (χ1) is 12.9. The Balaban J connectivity index is 1.35. The molecule has 4 fully saturated rings. The van der Waals surface area contributed by atoms with Crippen LogP contribution >= 0.6 is 0 Å². The first-order valence-corrected chi connectivity index (χ1v) is 10.6. The van der Waals surface area contributed by atoms with Crippen molar-refractivity contribution in [3.63, 3.8) is 0 Å². The minimum Gasteiger partial charge on any atom is -0.462 e. The van der Waals surface area contributed by atoms with E-state index in [0.29, 0.717) is 5.92 Å². The second-order valence-corrected chi connectivity index (χ2v) is 9.73. The van der Waals surface area contributed by atoms with Crippen LogP contribution in [0.5, 0.6) is 0 Å². The number of hydrogen-bond acceptors (Lipinski definition) is 4. The molecule has 2 saturated carbocycles. The van der Waals surface area contributed by atoms with Crippen LogP contribution in [0.2, 0.25) is 0 Å². The average Bonchev–Trinajstić information content (AvgIpc) is 3.31. The van der Waals surface area contributed by atoms with Crippen molar-refractivity contribution in [2.24, 2.45) is 23.2 Å². The van der Waals surface area contributed by atoms with Crippen molar-refractivity contribution in [2.75, 3.05) is 13.6 Å². The van der Waals surface area contributed by atoms with Crippen molar-refractivity contribution in [3.05, 3.63) is 35.9 Å². The Morgan fingerprint density at radius 1 is 1.26 bits per heavy atom. The normalized spacial score (nSPS) is 45.0. The highest BCUT2D eigenvalue weighted by Crippen LogP contribution is 2.70. The van der Waals surface area contributed by atoms with Gasteiger partial charge < -0.3 is 14.4 Å². The predicted octanol–water partition coefficient (Wildman–Crippen LogP) is 3.64. The molecule has 0 bridgehead atoms. The number of epoxide rings is 1. The van der Waals surface area contributed by atoms with Crippen LogP contribution in [0, 0.1) is 23.2 Å². The third kappa shape index (κ3) is 2.52. The summed E-state index contributed by atoms with van der Waals surface area (Å²) < 4.78 is 12.5. The fourth-order valence-corrected chi connectivity index (χ4v) is 6.74. The molecule has 1 spiro atoms. The molecule has 2 aliphatic heterocycles. The first kappa shape index (κ1) is 17.7. The minimum atomic E-state index is -0.0632. The molecule has 146 valence electrons. The molecule has 2 aliphatic carbocycles. The zero-order valence-electron chi connectivity index (χ0n) is 16.7. The van der Waals surface area contributed by atoms with Crippen LogP contribution < -0.4 is 0 Å². The maximum atomic E-state index is 12.8. The van der Waals surface area contributed by atoms with Gasteiger partial charge in [0.1, 0.15) is 11.7 Å². The Morgan fingerprint density at radius 2 is 2.04 bits per heavy atom. The molecule has 4 nitrogen and oxygen atoms in total. The van der Waals surface area contributed by atoms with Crippen LogP contribution in [0.1, 0.15) is 45.1 Å². The number of ether oxygens (including phenoxy) is 2. The molecule has 4 heteroatoms. The van der Waals surface area contributed by atoms with Crippen molar-refractivity contribution in [3.8, 4) is 0 Å². The van der Waals surface area contributed by atoms with Crippen molar-refractivity contribution < 1.29 is 14.3 Å². The van der Waals surface area contributed by atoms with Gasteiger partial charge in [-0.3, -0.25) is 4.79 Å². The van der Waals surface area contributed by atoms with Crippen LogP contribution in [0.3, 0.4) is 0 Å². The summed E-state index contributed by atoms with van der Waals surface area (Å²) in [7, 11) is 2.10. The molecule has 0 unspecified atom stereocenters. The lowest BCUT2D eigenvalue weighted by molar-refractivity contribution is -0.146. The molecule has 0 N–H and O–H groups in total. The number of fused-ring (bicyclic) bond motifs is 2. The van der Waals surface area contributed by atoms with Gasteiger partial charge in [0.15, 0.2) is 0 Å². The molecule has 1 aromatic carbocycles. The van der Waals surface area contributed by atoms with Gasteiger partial charge in [-0.1, -0.05) is 50.6 Å². The second kappa shape index (κ2) is 6.05. The number of benzene rings is 1. The molecule has 0 radical (unpaired) electrons. The highest BCUT2D eigenvalue weighted by molar-refractivity contribution is 5.76. The van der Waals surface area contributed by atoms with Crippen molar-refractivity contribution in [2.45, 2.75) is 63.9 Å². The summed E-state index contributed by atoms with van der Waals surface area (Å²) in [6.07, 6.45) is 4.94. The Hall–Kier alpha value is -1.39. The third-order valence-electron chi connectivity index (χ3n) is 8.00. The molecule has 7 atom stereocenters. The van der Waals surface area contributed by atoms with Crippen LogP contribution in [-0.4, -0.2) is 42.3 Å². The van der Waals surface area contributed by atoms with E-state index in [9.17, 15) is 4.79 Å². The van der Waals surface area contributed by atoms with Gasteiger partial charge >= 0.3 is 5.97 Å². The van der Waals surface area contributed by atoms with Gasteiger partial charge in [-0.05, 0) is 37.8 Å². The summed E-state index contributed by atoms with van der Waals surface area (Å²) in [5.74, 6) is 0.738. The van der Waals surface area contributed by atoms with Gasteiger partial charge in [0.2, 0.25) is 0 Å². The highest BCUT2D eigenvalue weighted by Gasteiger charge is 2.78. The quantitative estimate of drug-likeness (QED) is 0.600. The summed E-state index contributed by atoms with van der Waals surface area (Å²) in [5, 5.41) is 0. The van der Waals surface area contributed by atoms with E-state index in [1.54, 1.807) is 0 Å². The van der Waals surface area contributed by atoms with Crippen molar-refractivity contribution in [1.82, 2.24) is 4.90 Å². The van der Waals surface area contributed by atoms with Gasteiger partial charge in [0.05, 0.1) is 12.0 Å². The molecule has 0 aromatic heterocycles. The largest absolute Gasteiger partial charge is 0.462 e. The van der Waals surface area contributed by atoms with Gasteiger partial charge in [-0.25, -0.2) is 0 Å². The number of carbonyl (C=O) groups is 1. The Labute approximate surface area is 162 Å². The molecule has 2 heterocycles. The topological polar surface area (TPSA) is 42.1 Å². The van der Waals surface area contributed by atoms with Gasteiger partial charge in [0.25, 0.3) is 0 Å². The van der Waals surface area contributed by atoms with Gasteiger partial charge in [-0.15, -0.1) is 0 Å². The van der Waals surface area contributed by atoms with E-state index in [2.05, 4.69) is 50.1 Å². The van der Waals surface area contributed by atoms with E-state index in [1.165, 1.54) is 24.8 Å². The summed E-state index contributed by atoms with van der Waals surface area (Å²) in [6, 6.07) is 10.5. The smallest absolute Gasteiger partial charge is 0.311 e. The molecule has 1 aromatic rings. The Kier molecular flexibility index (Phi) is 3.97. The zero-order chi connectivity index (χ0) is 18.8. The molecule has 27 heavy (non-hydrogen) atoms. The van der Waals surface area contributed by atoms with E-state index in [-0.39, 0.29) is 41.0 Å². The maximum Gasteiger partial charge on any atom is 0.311 e. The number of rotatable bonds is 4. The van der Waals surface area contributed by atoms with Gasteiger partial charge in [-0.2, -0.15) is 0 Å². The fraction of sp³-hybridized carbons (Fsp3) is 0.696. The highest BCUT2D eigenvalue weighted by atomic mass is 16.6. The van der Waals surface area contributed by atoms with Crippen LogP contribution in [0.4, 0.5) is 0 Å². The summed E-state index contributed by atoms with van der Waals surface area (Å²) in [5.41, 5.74) is 1.44. The molecular formula is C23H31NO3. The minimum absolute atomic E-state index is 0.00333. The van der Waals surface area contributed by atoms with E-state index in [1.807, 2.05) is 6.07 Å². The third-order valence-corrected chi connectivity index (χ3v) is 8.00. The lowest BCUT2D eigenvalue weighted by Crippen LogP contribution is -2.54. The number of esters is 1. The SMILES string of the molecule is C[C@H]1CCC[C@]2(C)C[C@H]3OC(=O)[C@H](CN(C)Cc4ccccc4)[C@H]3[C@@H]3O[C@@]132. The maximum absolute atomic E-state index is 12.8. The van der Waals surface area contributed by atoms with E-state index < -0.39 is 0 Å². The van der Waals surface area contributed by atoms with Crippen LogP contribution in [0.25, 0.3) is 0 Å². The van der Waals surface area contributed by atoms with Crippen LogP contribution in [0.15, 0.2) is 30.3 Å². The zero-order valence-corrected chi connectivity index (χ0v) is 16.7. The van der Waals surface area contributed by atoms with Crippen molar-refractivity contribution >= 4 is 5.97 Å². The Morgan fingerprint density at radius 3 is 2.81 bits per heavy atom. The average molecular weight is 370 g/mol. The lowest BCUT2D eigenvalue weighted by atomic mass is 9.53. The summed E-state index contributed by atoms with van der Waals surface area (Å²) >= 11 is 0. The second-order valence-electron chi connectivity index (χ2n) is 9.73. The number of hydrogen-bond donors (Lipinski definition) is 0. The predicted molar refractivity (Wildman–Crippen MR) is 103 cm³/mol. The molecule has 4 aliphatic rings. The van der Waals surface area contributed by atoms with Gasteiger partial charge in [0, 0.05) is 24.4 Å². The summed E-state index contributed by atoms with van der Waals surface area (Å²) in [6.45, 7) is 6.33. The molecule has 2 saturated heterocycles. The van der Waals surface area contributed by atoms with Crippen LogP contribution in [-0.2, 0) is 20.8 Å². The van der Waals surface area contributed by atoms with E-state index in [4.69, 9.17) is 9.47 Å². The number of nitrogens with zero attached hydrogens (tertiary/aromatic N) is 1. The van der Waals surface area contributed by atoms with E-state index in [0.717, 1.165) is 19.5 Å². The van der Waals surface area contributed by atoms with E-state index >= 15 is 0 Å². The first-order valence-electron chi connectivity index (χ1n) is 10.6. The molecule has 0 amide bonds. The molecular weight excluding hydrogens is 338 g/mol. The number of carbonyl (C=O) groups excluding carboxylic acids is 1. The fourth-order valence-electron chi connectivity index (χ4n) is 6.74.